The van der Waals surface area contributed by atoms with Crippen LogP contribution in [0.15, 0.2) is 95.6 Å². The van der Waals surface area contributed by atoms with Gasteiger partial charge in [-0.2, -0.15) is 5.10 Å². The van der Waals surface area contributed by atoms with E-state index in [1.807, 2.05) is 61.5 Å². The van der Waals surface area contributed by atoms with Gasteiger partial charge in [-0.25, -0.2) is 9.80 Å². The monoisotopic (exact) mass is 524 g/mol. The Balaban J connectivity index is 1.30. The molecule has 7 nitrogen and oxygen atoms in total. The summed E-state index contributed by atoms with van der Waals surface area (Å²) < 4.78 is 16.4. The second kappa shape index (κ2) is 12.4. The summed E-state index contributed by atoms with van der Waals surface area (Å²) in [5.41, 5.74) is 4.20. The first-order valence-corrected chi connectivity index (χ1v) is 13.4. The van der Waals surface area contributed by atoms with Crippen LogP contribution in [0.2, 0.25) is 0 Å². The number of allylic oxidation sites excluding steroid dienone is 1. The highest BCUT2D eigenvalue weighted by molar-refractivity contribution is 6.08. The number of rotatable bonds is 9. The van der Waals surface area contributed by atoms with Crippen molar-refractivity contribution in [2.45, 2.75) is 32.2 Å². The van der Waals surface area contributed by atoms with Gasteiger partial charge in [-0.1, -0.05) is 72.8 Å². The normalized spacial score (nSPS) is 19.3. The van der Waals surface area contributed by atoms with Crippen molar-refractivity contribution in [1.82, 2.24) is 5.01 Å². The number of esters is 1. The number of benzene rings is 3. The first-order chi connectivity index (χ1) is 19.1. The van der Waals surface area contributed by atoms with E-state index in [2.05, 4.69) is 18.2 Å². The minimum absolute atomic E-state index is 0.0779. The lowest BCUT2D eigenvalue weighted by molar-refractivity contribution is -0.154. The largest absolute Gasteiger partial charge is 0.490 e. The number of amides is 1. The molecule has 1 aliphatic heterocycles. The van der Waals surface area contributed by atoms with Crippen LogP contribution in [0.25, 0.3) is 6.08 Å². The third kappa shape index (κ3) is 6.20. The van der Waals surface area contributed by atoms with Gasteiger partial charge in [0.05, 0.1) is 18.4 Å². The number of ether oxygens (including phenoxy) is 3. The minimum Gasteiger partial charge on any atom is -0.490 e. The number of hydrazone groups is 1. The molecule has 1 heterocycles. The van der Waals surface area contributed by atoms with E-state index in [-0.39, 0.29) is 24.5 Å². The first-order valence-electron chi connectivity index (χ1n) is 13.4. The number of carbonyl (C=O) groups excluding carboxylic acids is 2. The summed E-state index contributed by atoms with van der Waals surface area (Å²) >= 11 is 0. The fourth-order valence-electron chi connectivity index (χ4n) is 5.17. The van der Waals surface area contributed by atoms with Crippen molar-refractivity contribution in [3.8, 4) is 11.5 Å². The number of hydrogen-bond acceptors (Lipinski definition) is 6. The van der Waals surface area contributed by atoms with E-state index in [4.69, 9.17) is 19.3 Å². The molecule has 3 aromatic carbocycles. The van der Waals surface area contributed by atoms with Gasteiger partial charge in [0.25, 0.3) is 5.91 Å². The molecule has 7 heteroatoms. The third-order valence-corrected chi connectivity index (χ3v) is 6.89. The van der Waals surface area contributed by atoms with Crippen molar-refractivity contribution in [2.75, 3.05) is 19.8 Å². The molecule has 200 valence electrons. The quantitative estimate of drug-likeness (QED) is 0.329. The van der Waals surface area contributed by atoms with Crippen LogP contribution in [-0.4, -0.2) is 42.4 Å². The molecule has 0 radical (unpaired) electrons. The maximum Gasteiger partial charge on any atom is 0.344 e. The molecule has 1 amide bonds. The van der Waals surface area contributed by atoms with E-state index in [1.54, 1.807) is 18.2 Å². The molecular formula is C32H32N2O5. The predicted octanol–water partition coefficient (Wildman–Crippen LogP) is 5.83. The number of fused-ring (bicyclic) bond motifs is 1. The molecule has 0 aromatic heterocycles. The average Bonchev–Trinajstić information content (AvgIpc) is 3.37. The van der Waals surface area contributed by atoms with Crippen LogP contribution in [0.3, 0.4) is 0 Å². The Labute approximate surface area is 228 Å². The minimum atomic E-state index is -0.639. The number of para-hydroxylation sites is 2. The lowest BCUT2D eigenvalue weighted by atomic mass is 9.77. The highest BCUT2D eigenvalue weighted by Crippen LogP contribution is 2.44. The summed E-state index contributed by atoms with van der Waals surface area (Å²) in [6, 6.07) is 27.0. The van der Waals surface area contributed by atoms with Gasteiger partial charge in [-0.3, -0.25) is 4.79 Å². The van der Waals surface area contributed by atoms with E-state index < -0.39 is 12.6 Å². The van der Waals surface area contributed by atoms with Crippen molar-refractivity contribution in [1.29, 1.82) is 0 Å². The summed E-state index contributed by atoms with van der Waals surface area (Å²) in [5.74, 6) is 0.0610. The maximum absolute atomic E-state index is 13.4. The van der Waals surface area contributed by atoms with Gasteiger partial charge in [0.15, 0.2) is 24.7 Å². The third-order valence-electron chi connectivity index (χ3n) is 6.89. The standard InChI is InChI=1S/C32H32N2O5/c1-2-37-27-18-9-10-19-28(27)38-22-30(36)39-21-29(35)34-32(24-14-7-4-8-15-24)26-17-11-16-25(31(26)33-34)20-23-12-5-3-6-13-23/h3-10,12-15,18-20,26,32H,2,11,16-17,21-22H2,1H3/b25-20-/t26-,32-/m0/s1. The molecule has 3 aromatic rings. The Morgan fingerprint density at radius 1 is 0.897 bits per heavy atom. The Bertz CT molecular complexity index is 1350. The van der Waals surface area contributed by atoms with E-state index in [0.717, 1.165) is 41.7 Å². The fourth-order valence-corrected chi connectivity index (χ4v) is 5.17. The molecular weight excluding hydrogens is 492 g/mol. The Hall–Kier alpha value is -4.39. The molecule has 39 heavy (non-hydrogen) atoms. The first kappa shape index (κ1) is 26.2. The number of nitrogens with zero attached hydrogens (tertiary/aromatic N) is 2. The topological polar surface area (TPSA) is 77.4 Å². The second-order valence-electron chi connectivity index (χ2n) is 9.49. The molecule has 1 aliphatic carbocycles. The Morgan fingerprint density at radius 2 is 1.56 bits per heavy atom. The van der Waals surface area contributed by atoms with Gasteiger partial charge in [0.1, 0.15) is 0 Å². The van der Waals surface area contributed by atoms with Gasteiger partial charge in [0, 0.05) is 5.92 Å². The molecule has 1 saturated carbocycles. The molecule has 0 unspecified atom stereocenters. The zero-order valence-corrected chi connectivity index (χ0v) is 22.0. The SMILES string of the molecule is CCOc1ccccc1OCC(=O)OCC(=O)N1N=C2/C(=C\c3ccccc3)CCC[C@@H]2[C@@H]1c1ccccc1. The fraction of sp³-hybridized carbons (Fsp3) is 0.281. The maximum atomic E-state index is 13.4. The predicted molar refractivity (Wildman–Crippen MR) is 149 cm³/mol. The highest BCUT2D eigenvalue weighted by Gasteiger charge is 2.43. The Kier molecular flexibility index (Phi) is 8.36. The van der Waals surface area contributed by atoms with Gasteiger partial charge in [0.2, 0.25) is 0 Å². The van der Waals surface area contributed by atoms with Gasteiger partial charge in [-0.05, 0) is 61.1 Å². The second-order valence-corrected chi connectivity index (χ2v) is 9.49. The van der Waals surface area contributed by atoms with Gasteiger partial charge < -0.3 is 14.2 Å². The number of carbonyl (C=O) groups is 2. The zero-order chi connectivity index (χ0) is 27.0. The summed E-state index contributed by atoms with van der Waals surface area (Å²) in [6.07, 6.45) is 5.02. The van der Waals surface area contributed by atoms with Crippen molar-refractivity contribution in [3.63, 3.8) is 0 Å². The summed E-state index contributed by atoms with van der Waals surface area (Å²) in [5, 5.41) is 6.35. The molecule has 0 bridgehead atoms. The van der Waals surface area contributed by atoms with Gasteiger partial charge >= 0.3 is 5.97 Å². The van der Waals surface area contributed by atoms with E-state index in [1.165, 1.54) is 5.01 Å². The van der Waals surface area contributed by atoms with E-state index in [0.29, 0.717) is 18.1 Å². The van der Waals surface area contributed by atoms with Crippen molar-refractivity contribution >= 4 is 23.7 Å². The lowest BCUT2D eigenvalue weighted by Crippen LogP contribution is -2.35. The van der Waals surface area contributed by atoms with Crippen LogP contribution in [0.5, 0.6) is 11.5 Å². The lowest BCUT2D eigenvalue weighted by Gasteiger charge is -2.29. The molecule has 0 saturated heterocycles. The summed E-state index contributed by atoms with van der Waals surface area (Å²) in [6.45, 7) is 1.60. The van der Waals surface area contributed by atoms with Crippen LogP contribution in [-0.2, 0) is 14.3 Å². The van der Waals surface area contributed by atoms with Crippen molar-refractivity contribution < 1.29 is 23.8 Å². The zero-order valence-electron chi connectivity index (χ0n) is 22.0. The molecule has 0 spiro atoms. The van der Waals surface area contributed by atoms with E-state index >= 15 is 0 Å². The van der Waals surface area contributed by atoms with Crippen LogP contribution in [0.1, 0.15) is 43.4 Å². The Morgan fingerprint density at radius 3 is 2.28 bits per heavy atom. The summed E-state index contributed by atoms with van der Waals surface area (Å²) in [7, 11) is 0. The average molecular weight is 525 g/mol. The van der Waals surface area contributed by atoms with Crippen LogP contribution in [0, 0.1) is 5.92 Å². The smallest absolute Gasteiger partial charge is 0.344 e. The van der Waals surface area contributed by atoms with Crippen molar-refractivity contribution in [2.24, 2.45) is 11.0 Å². The molecule has 5 rings (SSSR count). The molecule has 0 N–H and O–H groups in total. The van der Waals surface area contributed by atoms with Crippen molar-refractivity contribution in [3.05, 3.63) is 102 Å². The number of hydrogen-bond donors (Lipinski definition) is 0. The van der Waals surface area contributed by atoms with E-state index in [9.17, 15) is 9.59 Å². The summed E-state index contributed by atoms with van der Waals surface area (Å²) in [4.78, 5) is 25.9. The molecule has 2 aliphatic rings. The molecule has 2 atom stereocenters. The highest BCUT2D eigenvalue weighted by atomic mass is 16.6. The molecule has 1 fully saturated rings. The van der Waals surface area contributed by atoms with Crippen LogP contribution >= 0.6 is 0 Å². The van der Waals surface area contributed by atoms with Crippen LogP contribution in [0.4, 0.5) is 0 Å². The van der Waals surface area contributed by atoms with Gasteiger partial charge in [-0.15, -0.1) is 0 Å². The van der Waals surface area contributed by atoms with Crippen LogP contribution < -0.4 is 9.47 Å².